The second-order valence-electron chi connectivity index (χ2n) is 13.2. The first-order chi connectivity index (χ1) is 22.6. The number of anilines is 4. The maximum atomic E-state index is 12.5. The number of carbonyl (C=O) groups is 1. The molecule has 7 rings (SSSR count). The van der Waals surface area contributed by atoms with Gasteiger partial charge in [0.1, 0.15) is 17.2 Å². The van der Waals surface area contributed by atoms with Crippen molar-refractivity contribution in [3.63, 3.8) is 0 Å². The van der Waals surface area contributed by atoms with Crippen LogP contribution in [0.1, 0.15) is 45.6 Å². The van der Waals surface area contributed by atoms with Gasteiger partial charge >= 0.3 is 6.09 Å². The van der Waals surface area contributed by atoms with E-state index in [-0.39, 0.29) is 0 Å². The number of nitrogens with two attached hydrogens (primary N) is 1. The van der Waals surface area contributed by atoms with Gasteiger partial charge in [-0.05, 0) is 106 Å². The molecule has 1 aliphatic carbocycles. The number of benzene rings is 2. The molecule has 0 bridgehead atoms. The van der Waals surface area contributed by atoms with Gasteiger partial charge in [0.05, 0.1) is 24.3 Å². The van der Waals surface area contributed by atoms with Gasteiger partial charge in [0, 0.05) is 41.9 Å². The number of nitrogen functional groups attached to an aromatic ring is 1. The van der Waals surface area contributed by atoms with Crippen LogP contribution in [-0.4, -0.2) is 67.5 Å². The van der Waals surface area contributed by atoms with E-state index in [4.69, 9.17) is 20.4 Å². The minimum Gasteiger partial charge on any atom is -0.465 e. The molecule has 4 heterocycles. The highest BCUT2D eigenvalue weighted by molar-refractivity contribution is 5.84. The molecule has 1 aliphatic heterocycles. The fourth-order valence-corrected chi connectivity index (χ4v) is 6.97. The van der Waals surface area contributed by atoms with Gasteiger partial charge in [-0.1, -0.05) is 12.1 Å². The average molecular weight is 633 g/mol. The summed E-state index contributed by atoms with van der Waals surface area (Å²) in [6, 6.07) is 24.1. The molecule has 1 saturated carbocycles. The van der Waals surface area contributed by atoms with E-state index in [2.05, 4.69) is 39.5 Å². The van der Waals surface area contributed by atoms with Gasteiger partial charge in [-0.25, -0.2) is 19.7 Å². The number of ether oxygens (including phenoxy) is 1. The first-order valence-corrected chi connectivity index (χ1v) is 16.1. The molecule has 1 saturated heterocycles. The summed E-state index contributed by atoms with van der Waals surface area (Å²) in [4.78, 5) is 30.8. The summed E-state index contributed by atoms with van der Waals surface area (Å²) in [5.41, 5.74) is 11.2. The number of nitrogens with zero attached hydrogens (tertiary/aromatic N) is 6. The Morgan fingerprint density at radius 1 is 0.957 bits per heavy atom. The molecule has 2 aromatic carbocycles. The Morgan fingerprint density at radius 3 is 2.28 bits per heavy atom. The molecule has 11 heteroatoms. The van der Waals surface area contributed by atoms with Gasteiger partial charge in [-0.3, -0.25) is 9.47 Å². The molecule has 4 N–H and O–H groups in total. The Labute approximate surface area is 274 Å². The lowest BCUT2D eigenvalue weighted by atomic mass is 9.69. The van der Waals surface area contributed by atoms with Crippen molar-refractivity contribution in [2.45, 2.75) is 51.1 Å². The number of amides is 1. The number of carboxylic acid groups (broad SMARTS) is 1. The molecule has 1 amide bonds. The molecule has 2 fully saturated rings. The van der Waals surface area contributed by atoms with Crippen LogP contribution in [-0.2, 0) is 10.3 Å². The number of rotatable bonds is 7. The van der Waals surface area contributed by atoms with Gasteiger partial charge in [0.2, 0.25) is 0 Å². The number of imidazole rings is 1. The van der Waals surface area contributed by atoms with Gasteiger partial charge < -0.3 is 25.8 Å². The van der Waals surface area contributed by atoms with Gasteiger partial charge in [0.15, 0.2) is 11.5 Å². The minimum atomic E-state index is -0.906. The zero-order valence-corrected chi connectivity index (χ0v) is 27.0. The van der Waals surface area contributed by atoms with Crippen LogP contribution < -0.4 is 16.0 Å². The van der Waals surface area contributed by atoms with Crippen LogP contribution in [0.3, 0.4) is 0 Å². The van der Waals surface area contributed by atoms with Gasteiger partial charge in [-0.2, -0.15) is 0 Å². The van der Waals surface area contributed by atoms with Crippen LogP contribution in [0.4, 0.5) is 27.8 Å². The lowest BCUT2D eigenvalue weighted by molar-refractivity contribution is -0.0328. The predicted octanol–water partition coefficient (Wildman–Crippen LogP) is 6.80. The topological polar surface area (TPSA) is 135 Å². The lowest BCUT2D eigenvalue weighted by Gasteiger charge is -2.54. The maximum Gasteiger partial charge on any atom is 0.408 e. The van der Waals surface area contributed by atoms with E-state index in [0.717, 1.165) is 62.5 Å². The summed E-state index contributed by atoms with van der Waals surface area (Å²) < 4.78 is 7.48. The first-order valence-electron chi connectivity index (χ1n) is 16.1. The molecular weight excluding hydrogens is 592 g/mol. The van der Waals surface area contributed by atoms with Crippen molar-refractivity contribution >= 4 is 40.3 Å². The maximum absolute atomic E-state index is 12.5. The molecule has 2 aliphatic rings. The molecule has 0 unspecified atom stereocenters. The second kappa shape index (κ2) is 11.9. The number of aromatic nitrogens is 4. The third-order valence-corrected chi connectivity index (χ3v) is 9.23. The number of nitrogens with one attached hydrogen (secondary N) is 1. The van der Waals surface area contributed by atoms with E-state index < -0.39 is 17.2 Å². The van der Waals surface area contributed by atoms with Crippen molar-refractivity contribution in [3.8, 4) is 17.1 Å². The molecular formula is C36H40N8O3. The summed E-state index contributed by atoms with van der Waals surface area (Å²) in [6.07, 6.45) is 3.30. The SMILES string of the molecule is CC(C)(C)N(C(=O)O)C1(c2ccc(-n3c(-c4cccnc4N)nc4ccc(Nc5ccc(N6CCOCC6)cc5)nc43)cc2)CCC1. The van der Waals surface area contributed by atoms with Gasteiger partial charge in [-0.15, -0.1) is 0 Å². The molecule has 0 radical (unpaired) electrons. The smallest absolute Gasteiger partial charge is 0.408 e. The minimum absolute atomic E-state index is 0.370. The van der Waals surface area contributed by atoms with E-state index in [1.807, 2.05) is 73.9 Å². The fourth-order valence-electron chi connectivity index (χ4n) is 6.97. The fraction of sp³-hybridized carbons (Fsp3) is 0.333. The molecule has 0 spiro atoms. The zero-order valence-electron chi connectivity index (χ0n) is 27.0. The third kappa shape index (κ3) is 5.61. The average Bonchev–Trinajstić information content (AvgIpc) is 3.41. The number of pyridine rings is 2. The lowest BCUT2D eigenvalue weighted by Crippen LogP contribution is -2.60. The summed E-state index contributed by atoms with van der Waals surface area (Å²) in [5, 5.41) is 13.7. The molecule has 0 atom stereocenters. The normalized spacial score (nSPS) is 16.1. The van der Waals surface area contributed by atoms with Crippen molar-refractivity contribution in [3.05, 3.63) is 84.6 Å². The highest BCUT2D eigenvalue weighted by Crippen LogP contribution is 2.49. The standard InChI is InChI=1S/C36H40N8O3/c1-35(2,3)44(34(45)46)36(17-5-18-36)24-7-11-27(12-8-24)43-32(28-6-4-19-38-31(28)37)40-29-15-16-30(41-33(29)43)39-25-9-13-26(14-10-25)42-20-22-47-23-21-42/h4,6-16,19H,5,17-18,20-23H2,1-3H3,(H2,37,38)(H,39,41)(H,45,46). The molecule has 5 aromatic rings. The molecule has 11 nitrogen and oxygen atoms in total. The Morgan fingerprint density at radius 2 is 1.66 bits per heavy atom. The number of fused-ring (bicyclic) bond motifs is 1. The summed E-state index contributed by atoms with van der Waals surface area (Å²) in [7, 11) is 0. The molecule has 47 heavy (non-hydrogen) atoms. The largest absolute Gasteiger partial charge is 0.465 e. The van der Waals surface area contributed by atoms with Crippen molar-refractivity contribution < 1.29 is 14.6 Å². The van der Waals surface area contributed by atoms with E-state index in [0.29, 0.717) is 34.2 Å². The quantitative estimate of drug-likeness (QED) is 0.177. The van der Waals surface area contributed by atoms with Crippen molar-refractivity contribution in [1.29, 1.82) is 0 Å². The van der Waals surface area contributed by atoms with Crippen molar-refractivity contribution in [2.75, 3.05) is 42.3 Å². The number of morpholine rings is 1. The molecule has 242 valence electrons. The second-order valence-corrected chi connectivity index (χ2v) is 13.2. The summed E-state index contributed by atoms with van der Waals surface area (Å²) >= 11 is 0. The predicted molar refractivity (Wildman–Crippen MR) is 184 cm³/mol. The van der Waals surface area contributed by atoms with E-state index in [9.17, 15) is 9.90 Å². The molecule has 3 aromatic heterocycles. The highest BCUT2D eigenvalue weighted by atomic mass is 16.5. The zero-order chi connectivity index (χ0) is 32.8. The van der Waals surface area contributed by atoms with Crippen LogP contribution in [0.15, 0.2) is 79.0 Å². The van der Waals surface area contributed by atoms with E-state index >= 15 is 0 Å². The van der Waals surface area contributed by atoms with Crippen LogP contribution in [0, 0.1) is 0 Å². The van der Waals surface area contributed by atoms with Crippen LogP contribution in [0.25, 0.3) is 28.2 Å². The first kappa shape index (κ1) is 30.5. The van der Waals surface area contributed by atoms with Crippen LogP contribution in [0.5, 0.6) is 0 Å². The highest BCUT2D eigenvalue weighted by Gasteiger charge is 2.50. The van der Waals surface area contributed by atoms with Crippen molar-refractivity contribution in [1.82, 2.24) is 24.4 Å². The third-order valence-electron chi connectivity index (χ3n) is 9.23. The Balaban J connectivity index is 1.27. The summed E-state index contributed by atoms with van der Waals surface area (Å²) in [5.74, 6) is 1.67. The van der Waals surface area contributed by atoms with E-state index in [1.165, 1.54) is 5.69 Å². The number of hydrogen-bond donors (Lipinski definition) is 3. The summed E-state index contributed by atoms with van der Waals surface area (Å²) in [6.45, 7) is 9.11. The Kier molecular flexibility index (Phi) is 7.71. The van der Waals surface area contributed by atoms with Crippen LogP contribution >= 0.6 is 0 Å². The van der Waals surface area contributed by atoms with Gasteiger partial charge in [0.25, 0.3) is 0 Å². The Bertz CT molecular complexity index is 1900. The monoisotopic (exact) mass is 632 g/mol. The van der Waals surface area contributed by atoms with Crippen LogP contribution in [0.2, 0.25) is 0 Å². The number of hydrogen-bond acceptors (Lipinski definition) is 8. The Hall–Kier alpha value is -5.16. The van der Waals surface area contributed by atoms with E-state index in [1.54, 1.807) is 11.1 Å². The van der Waals surface area contributed by atoms with Crippen molar-refractivity contribution in [2.24, 2.45) is 0 Å².